The number of rotatable bonds is 5. The van der Waals surface area contributed by atoms with Crippen molar-refractivity contribution in [3.8, 4) is 0 Å². The van der Waals surface area contributed by atoms with Crippen molar-refractivity contribution in [2.24, 2.45) is 0 Å². The van der Waals surface area contributed by atoms with Crippen molar-refractivity contribution < 1.29 is 9.59 Å². The predicted molar refractivity (Wildman–Crippen MR) is 129 cm³/mol. The highest BCUT2D eigenvalue weighted by atomic mass is 16.2. The van der Waals surface area contributed by atoms with Gasteiger partial charge in [0.2, 0.25) is 5.91 Å². The van der Waals surface area contributed by atoms with Crippen LogP contribution in [0.15, 0.2) is 96.3 Å². The summed E-state index contributed by atoms with van der Waals surface area (Å²) in [6, 6.07) is 23.0. The van der Waals surface area contributed by atoms with Crippen molar-refractivity contribution in [2.75, 3.05) is 15.5 Å². The van der Waals surface area contributed by atoms with Gasteiger partial charge in [0.05, 0.1) is 5.70 Å². The highest BCUT2D eigenvalue weighted by molar-refractivity contribution is 6.15. The number of benzene rings is 3. The second kappa shape index (κ2) is 8.94. The Balaban J connectivity index is 1.66. The molecule has 2 N–H and O–H groups in total. The predicted octanol–water partition coefficient (Wildman–Crippen LogP) is 5.48. The zero-order valence-electron chi connectivity index (χ0n) is 18.3. The first-order valence-corrected chi connectivity index (χ1v) is 10.5. The van der Waals surface area contributed by atoms with Crippen LogP contribution >= 0.6 is 0 Å². The monoisotopic (exact) mass is 423 g/mol. The fourth-order valence-corrected chi connectivity index (χ4v) is 3.48. The van der Waals surface area contributed by atoms with E-state index in [9.17, 15) is 9.59 Å². The molecule has 5 nitrogen and oxygen atoms in total. The molecule has 0 unspecified atom stereocenters. The average molecular weight is 424 g/mol. The van der Waals surface area contributed by atoms with Crippen molar-refractivity contribution in [1.82, 2.24) is 0 Å². The minimum Gasteiger partial charge on any atom is -0.351 e. The number of hydrogen-bond acceptors (Lipinski definition) is 3. The van der Waals surface area contributed by atoms with E-state index in [1.807, 2.05) is 93.6 Å². The number of hydrogen-bond donors (Lipinski definition) is 2. The van der Waals surface area contributed by atoms with Crippen LogP contribution in [0.1, 0.15) is 16.7 Å². The molecule has 0 saturated heterocycles. The summed E-state index contributed by atoms with van der Waals surface area (Å²) < 4.78 is 0. The topological polar surface area (TPSA) is 61.4 Å². The Morgan fingerprint density at radius 1 is 0.844 bits per heavy atom. The van der Waals surface area contributed by atoms with Crippen LogP contribution in [0.25, 0.3) is 0 Å². The Hall–Kier alpha value is -4.12. The summed E-state index contributed by atoms with van der Waals surface area (Å²) in [6.45, 7) is 5.94. The van der Waals surface area contributed by atoms with Gasteiger partial charge in [0.25, 0.3) is 5.91 Å². The number of carbonyl (C=O) groups is 2. The number of nitrogens with zero attached hydrogens (tertiary/aromatic N) is 1. The van der Waals surface area contributed by atoms with E-state index < -0.39 is 0 Å². The van der Waals surface area contributed by atoms with E-state index in [0.717, 1.165) is 28.1 Å². The standard InChI is InChI=1S/C27H25N3O2/c1-18-8-12-21(13-9-18)28-25-16-23(17-26(31)29-24-7-5-4-6-20(24)3)30(27(25)32)22-14-10-19(2)11-15-22/h4-17,28H,1-3H3,(H,29,31)/b23-17+. The molecule has 1 aliphatic heterocycles. The van der Waals surface area contributed by atoms with Crippen LogP contribution in [0, 0.1) is 20.8 Å². The third-order valence-electron chi connectivity index (χ3n) is 5.29. The summed E-state index contributed by atoms with van der Waals surface area (Å²) in [7, 11) is 0. The fourth-order valence-electron chi connectivity index (χ4n) is 3.48. The van der Waals surface area contributed by atoms with Crippen LogP contribution in [-0.2, 0) is 9.59 Å². The third kappa shape index (κ3) is 4.62. The van der Waals surface area contributed by atoms with E-state index >= 15 is 0 Å². The number of aryl methyl sites for hydroxylation is 3. The largest absolute Gasteiger partial charge is 0.351 e. The molecule has 32 heavy (non-hydrogen) atoms. The SMILES string of the molecule is Cc1ccc(NC2=C/C(=C\C(=O)Nc3ccccc3C)N(c3ccc(C)cc3)C2=O)cc1. The minimum atomic E-state index is -0.299. The van der Waals surface area contributed by atoms with E-state index in [4.69, 9.17) is 0 Å². The van der Waals surface area contributed by atoms with Gasteiger partial charge in [-0.3, -0.25) is 14.5 Å². The Kier molecular flexibility index (Phi) is 5.90. The second-order valence-electron chi connectivity index (χ2n) is 7.90. The Bertz CT molecular complexity index is 1220. The number of allylic oxidation sites excluding steroid dienone is 1. The maximum atomic E-state index is 13.3. The highest BCUT2D eigenvalue weighted by Crippen LogP contribution is 2.30. The molecule has 0 fully saturated rings. The molecule has 0 bridgehead atoms. The highest BCUT2D eigenvalue weighted by Gasteiger charge is 2.30. The molecule has 1 aliphatic rings. The van der Waals surface area contributed by atoms with Gasteiger partial charge in [-0.1, -0.05) is 53.6 Å². The normalized spacial score (nSPS) is 14.5. The van der Waals surface area contributed by atoms with Gasteiger partial charge in [0.15, 0.2) is 0 Å². The summed E-state index contributed by atoms with van der Waals surface area (Å²) in [5, 5.41) is 6.09. The number of anilines is 3. The van der Waals surface area contributed by atoms with Crippen LogP contribution < -0.4 is 15.5 Å². The van der Waals surface area contributed by atoms with E-state index in [1.165, 1.54) is 6.08 Å². The van der Waals surface area contributed by atoms with Gasteiger partial charge in [-0.2, -0.15) is 0 Å². The zero-order valence-corrected chi connectivity index (χ0v) is 18.3. The Morgan fingerprint density at radius 3 is 2.12 bits per heavy atom. The minimum absolute atomic E-state index is 0.218. The van der Waals surface area contributed by atoms with Crippen LogP contribution in [0.3, 0.4) is 0 Å². The van der Waals surface area contributed by atoms with E-state index in [1.54, 1.807) is 11.0 Å². The number of nitrogens with one attached hydrogen (secondary N) is 2. The maximum absolute atomic E-state index is 13.3. The lowest BCUT2D eigenvalue weighted by Gasteiger charge is -2.19. The number of amides is 2. The van der Waals surface area contributed by atoms with Crippen molar-refractivity contribution in [3.05, 3.63) is 113 Å². The van der Waals surface area contributed by atoms with Crippen molar-refractivity contribution in [2.45, 2.75) is 20.8 Å². The fraction of sp³-hybridized carbons (Fsp3) is 0.111. The maximum Gasteiger partial charge on any atom is 0.279 e. The molecule has 2 amide bonds. The van der Waals surface area contributed by atoms with Gasteiger partial charge in [-0.25, -0.2) is 0 Å². The molecule has 0 atom stereocenters. The van der Waals surface area contributed by atoms with Gasteiger partial charge in [-0.05, 0) is 62.7 Å². The number of para-hydroxylation sites is 1. The molecule has 4 rings (SSSR count). The molecule has 1 heterocycles. The van der Waals surface area contributed by atoms with Crippen molar-refractivity contribution in [3.63, 3.8) is 0 Å². The van der Waals surface area contributed by atoms with E-state index in [-0.39, 0.29) is 11.8 Å². The molecule has 0 radical (unpaired) electrons. The summed E-state index contributed by atoms with van der Waals surface area (Å²) in [4.78, 5) is 27.6. The van der Waals surface area contributed by atoms with Gasteiger partial charge in [0, 0.05) is 23.1 Å². The van der Waals surface area contributed by atoms with Gasteiger partial charge < -0.3 is 10.6 Å². The van der Waals surface area contributed by atoms with Gasteiger partial charge in [0.1, 0.15) is 5.70 Å². The molecule has 5 heteroatoms. The first kappa shape index (κ1) is 21.1. The van der Waals surface area contributed by atoms with Crippen LogP contribution in [0.2, 0.25) is 0 Å². The third-order valence-corrected chi connectivity index (χ3v) is 5.29. The van der Waals surface area contributed by atoms with Crippen LogP contribution in [0.4, 0.5) is 17.1 Å². The van der Waals surface area contributed by atoms with Crippen molar-refractivity contribution in [1.29, 1.82) is 0 Å². The molecular weight excluding hydrogens is 398 g/mol. The zero-order chi connectivity index (χ0) is 22.7. The molecule has 3 aromatic carbocycles. The molecule has 0 saturated carbocycles. The van der Waals surface area contributed by atoms with E-state index in [2.05, 4.69) is 10.6 Å². The van der Waals surface area contributed by atoms with Gasteiger partial charge >= 0.3 is 0 Å². The number of carbonyl (C=O) groups excluding carboxylic acids is 2. The second-order valence-corrected chi connectivity index (χ2v) is 7.90. The molecule has 0 aliphatic carbocycles. The molecule has 0 spiro atoms. The van der Waals surface area contributed by atoms with Crippen LogP contribution in [0.5, 0.6) is 0 Å². The molecule has 160 valence electrons. The quantitative estimate of drug-likeness (QED) is 0.535. The lowest BCUT2D eigenvalue weighted by atomic mass is 10.2. The lowest BCUT2D eigenvalue weighted by molar-refractivity contribution is -0.114. The molecular formula is C27H25N3O2. The molecule has 0 aromatic heterocycles. The Labute approximate surface area is 188 Å². The summed E-state index contributed by atoms with van der Waals surface area (Å²) in [5.74, 6) is -0.517. The first-order valence-electron chi connectivity index (χ1n) is 10.5. The first-order chi connectivity index (χ1) is 15.4. The van der Waals surface area contributed by atoms with Gasteiger partial charge in [-0.15, -0.1) is 0 Å². The van der Waals surface area contributed by atoms with Crippen molar-refractivity contribution >= 4 is 28.9 Å². The summed E-state index contributed by atoms with van der Waals surface area (Å²) in [6.07, 6.45) is 3.16. The summed E-state index contributed by atoms with van der Waals surface area (Å²) in [5.41, 5.74) is 6.35. The summed E-state index contributed by atoms with van der Waals surface area (Å²) >= 11 is 0. The lowest BCUT2D eigenvalue weighted by Crippen LogP contribution is -2.28. The van der Waals surface area contributed by atoms with Crippen LogP contribution in [-0.4, -0.2) is 11.8 Å². The van der Waals surface area contributed by atoms with E-state index in [0.29, 0.717) is 17.1 Å². The Morgan fingerprint density at radius 2 is 1.47 bits per heavy atom. The molecule has 3 aromatic rings. The average Bonchev–Trinajstić information content (AvgIpc) is 3.06. The smallest absolute Gasteiger partial charge is 0.279 e.